The van der Waals surface area contributed by atoms with Gasteiger partial charge >= 0.3 is 12.0 Å². The summed E-state index contributed by atoms with van der Waals surface area (Å²) in [6.45, 7) is 3.25. The van der Waals surface area contributed by atoms with Crippen LogP contribution in [0.1, 0.15) is 68.9 Å². The largest absolute Gasteiger partial charge is 0.486 e. The smallest absolute Gasteiger partial charge is 0.322 e. The molecule has 1 saturated carbocycles. The van der Waals surface area contributed by atoms with E-state index in [-0.39, 0.29) is 18.6 Å². The van der Waals surface area contributed by atoms with Crippen molar-refractivity contribution in [3.63, 3.8) is 0 Å². The van der Waals surface area contributed by atoms with Crippen molar-refractivity contribution in [2.45, 2.75) is 70.3 Å². The molecule has 3 aromatic rings. The average molecular weight is 541 g/mol. The van der Waals surface area contributed by atoms with Gasteiger partial charge in [0.2, 0.25) is 0 Å². The Labute approximate surface area is 237 Å². The fourth-order valence-electron chi connectivity index (χ4n) is 6.06. The highest BCUT2D eigenvalue weighted by Crippen LogP contribution is 2.40. The van der Waals surface area contributed by atoms with E-state index in [1.54, 1.807) is 0 Å². The number of aliphatic carboxylic acids is 1. The Balaban J connectivity index is 1.22. The van der Waals surface area contributed by atoms with Crippen LogP contribution in [0.4, 0.5) is 10.5 Å². The van der Waals surface area contributed by atoms with E-state index < -0.39 is 5.97 Å². The number of ether oxygens (including phenoxy) is 1. The molecule has 1 unspecified atom stereocenters. The minimum absolute atomic E-state index is 0.0450. The lowest BCUT2D eigenvalue weighted by Gasteiger charge is -2.35. The predicted molar refractivity (Wildman–Crippen MR) is 159 cm³/mol. The summed E-state index contributed by atoms with van der Waals surface area (Å²) in [6.07, 6.45) is 6.96. The number of nitrogens with one attached hydrogen (secondary N) is 1. The molecule has 2 N–H and O–H groups in total. The summed E-state index contributed by atoms with van der Waals surface area (Å²) >= 11 is 0. The minimum atomic E-state index is -0.685. The highest BCUT2D eigenvalue weighted by Gasteiger charge is 2.29. The molecule has 40 heavy (non-hydrogen) atoms. The third-order valence-corrected chi connectivity index (χ3v) is 8.42. The number of carboxylic acids is 1. The maximum atomic E-state index is 13.2. The van der Waals surface area contributed by atoms with Gasteiger partial charge in [-0.2, -0.15) is 0 Å². The Morgan fingerprint density at radius 1 is 0.950 bits per heavy atom. The van der Waals surface area contributed by atoms with Gasteiger partial charge in [0.1, 0.15) is 11.9 Å². The highest BCUT2D eigenvalue weighted by atomic mass is 16.5. The number of nitrogens with zero attached hydrogens (tertiary/aromatic N) is 1. The molecule has 3 aromatic carbocycles. The number of fused-ring (bicyclic) bond motifs is 1. The van der Waals surface area contributed by atoms with Crippen LogP contribution in [0, 0.1) is 5.92 Å². The first-order valence-electron chi connectivity index (χ1n) is 14.7. The third-order valence-electron chi connectivity index (χ3n) is 8.42. The first kappa shape index (κ1) is 27.8. The molecule has 0 bridgehead atoms. The summed E-state index contributed by atoms with van der Waals surface area (Å²) in [5.74, 6) is 0.868. The molecule has 1 heterocycles. The minimum Gasteiger partial charge on any atom is -0.486 e. The summed E-state index contributed by atoms with van der Waals surface area (Å²) in [4.78, 5) is 26.0. The summed E-state index contributed by atoms with van der Waals surface area (Å²) in [5, 5.41) is 12.2. The second kappa shape index (κ2) is 13.0. The Kier molecular flexibility index (Phi) is 9.04. The predicted octanol–water partition coefficient (Wildman–Crippen LogP) is 7.42. The number of amides is 2. The number of carboxylic acid groups (broad SMARTS) is 1. The summed E-state index contributed by atoms with van der Waals surface area (Å²) in [5.41, 5.74) is 5.60. The molecule has 2 amide bonds. The lowest BCUT2D eigenvalue weighted by molar-refractivity contribution is -0.138. The van der Waals surface area contributed by atoms with Crippen LogP contribution in [0.5, 0.6) is 5.75 Å². The van der Waals surface area contributed by atoms with E-state index in [0.717, 1.165) is 67.5 Å². The zero-order chi connectivity index (χ0) is 27.9. The van der Waals surface area contributed by atoms with Crippen molar-refractivity contribution in [2.24, 2.45) is 5.92 Å². The van der Waals surface area contributed by atoms with Crippen LogP contribution in [0.15, 0.2) is 72.8 Å². The number of urea groups is 1. The van der Waals surface area contributed by atoms with Crippen molar-refractivity contribution in [3.05, 3.63) is 83.9 Å². The van der Waals surface area contributed by atoms with Crippen LogP contribution >= 0.6 is 0 Å². The van der Waals surface area contributed by atoms with Gasteiger partial charge in [-0.15, -0.1) is 0 Å². The molecule has 1 fully saturated rings. The SMILES string of the molecule is CCC1CN(C(=O)NCCCc2ccccc2)c2ccc(-c3ccc(C4CCC(CC(=O)O)CC4)cc3)cc2O1. The number of anilines is 1. The molecule has 5 rings (SSSR count). The lowest BCUT2D eigenvalue weighted by Crippen LogP contribution is -2.48. The van der Waals surface area contributed by atoms with Crippen molar-refractivity contribution in [1.82, 2.24) is 5.32 Å². The van der Waals surface area contributed by atoms with Gasteiger partial charge in [-0.3, -0.25) is 9.69 Å². The van der Waals surface area contributed by atoms with Crippen LogP contribution in [-0.2, 0) is 11.2 Å². The highest BCUT2D eigenvalue weighted by molar-refractivity contribution is 5.94. The van der Waals surface area contributed by atoms with Gasteiger partial charge in [0.15, 0.2) is 0 Å². The number of carbonyl (C=O) groups excluding carboxylic acids is 1. The van der Waals surface area contributed by atoms with E-state index in [0.29, 0.717) is 24.9 Å². The van der Waals surface area contributed by atoms with Crippen molar-refractivity contribution >= 4 is 17.7 Å². The van der Waals surface area contributed by atoms with Gasteiger partial charge in [0, 0.05) is 13.0 Å². The fraction of sp³-hybridized carbons (Fsp3) is 0.412. The second-order valence-corrected chi connectivity index (χ2v) is 11.2. The maximum Gasteiger partial charge on any atom is 0.322 e. The Hall–Kier alpha value is -3.80. The molecule has 1 aliphatic carbocycles. The molecular weight excluding hydrogens is 500 g/mol. The number of benzene rings is 3. The lowest BCUT2D eigenvalue weighted by atomic mass is 9.77. The van der Waals surface area contributed by atoms with Gasteiger partial charge < -0.3 is 15.2 Å². The van der Waals surface area contributed by atoms with E-state index in [1.165, 1.54) is 11.1 Å². The second-order valence-electron chi connectivity index (χ2n) is 11.2. The van der Waals surface area contributed by atoms with E-state index in [4.69, 9.17) is 9.84 Å². The molecule has 1 atom stereocenters. The van der Waals surface area contributed by atoms with Gasteiger partial charge in [-0.25, -0.2) is 4.79 Å². The van der Waals surface area contributed by atoms with Crippen LogP contribution in [0.2, 0.25) is 0 Å². The molecule has 6 heteroatoms. The van der Waals surface area contributed by atoms with Gasteiger partial charge in [-0.05, 0) is 91.2 Å². The number of carbonyl (C=O) groups is 2. The zero-order valence-corrected chi connectivity index (χ0v) is 23.4. The van der Waals surface area contributed by atoms with Crippen molar-refractivity contribution in [2.75, 3.05) is 18.0 Å². The monoisotopic (exact) mass is 540 g/mol. The molecule has 0 saturated heterocycles. The Morgan fingerprint density at radius 3 is 2.38 bits per heavy atom. The number of aryl methyl sites for hydroxylation is 1. The molecule has 1 aliphatic heterocycles. The van der Waals surface area contributed by atoms with Gasteiger partial charge in [0.25, 0.3) is 0 Å². The number of hydrogen-bond donors (Lipinski definition) is 2. The molecule has 0 radical (unpaired) electrons. The Morgan fingerprint density at radius 2 is 1.68 bits per heavy atom. The topological polar surface area (TPSA) is 78.9 Å². The van der Waals surface area contributed by atoms with E-state index in [9.17, 15) is 9.59 Å². The Bertz CT molecular complexity index is 1280. The molecule has 210 valence electrons. The normalized spacial score (nSPS) is 20.3. The van der Waals surface area contributed by atoms with Crippen molar-refractivity contribution in [3.8, 4) is 16.9 Å². The molecule has 6 nitrogen and oxygen atoms in total. The maximum absolute atomic E-state index is 13.2. The molecular formula is C34H40N2O4. The fourth-order valence-corrected chi connectivity index (χ4v) is 6.06. The third kappa shape index (κ3) is 6.85. The molecule has 0 spiro atoms. The van der Waals surface area contributed by atoms with Crippen LogP contribution in [0.25, 0.3) is 11.1 Å². The first-order chi connectivity index (χ1) is 19.5. The summed E-state index contributed by atoms with van der Waals surface area (Å²) < 4.78 is 6.30. The summed E-state index contributed by atoms with van der Waals surface area (Å²) in [6, 6.07) is 25.1. The standard InChI is InChI=1S/C34H40N2O4/c1-2-30-23-36(34(39)35-20-6-9-24-7-4-3-5-8-24)31-19-18-29(22-32(31)40-30)28-16-14-27(15-17-28)26-12-10-25(11-13-26)21-33(37)38/h3-5,7-8,14-19,22,25-26,30H,2,6,9-13,20-21,23H2,1H3,(H,35,39)(H,37,38). The molecule has 0 aromatic heterocycles. The van der Waals surface area contributed by atoms with Crippen LogP contribution in [0.3, 0.4) is 0 Å². The number of rotatable bonds is 9. The quantitative estimate of drug-likeness (QED) is 0.277. The van der Waals surface area contributed by atoms with Gasteiger partial charge in [0.05, 0.1) is 12.2 Å². The van der Waals surface area contributed by atoms with E-state index in [2.05, 4.69) is 60.8 Å². The van der Waals surface area contributed by atoms with E-state index in [1.807, 2.05) is 29.2 Å². The van der Waals surface area contributed by atoms with Crippen LogP contribution < -0.4 is 15.0 Å². The van der Waals surface area contributed by atoms with Crippen molar-refractivity contribution < 1.29 is 19.4 Å². The van der Waals surface area contributed by atoms with Gasteiger partial charge in [-0.1, -0.05) is 67.6 Å². The molecule has 2 aliphatic rings. The summed E-state index contributed by atoms with van der Waals surface area (Å²) in [7, 11) is 0. The average Bonchev–Trinajstić information content (AvgIpc) is 2.99. The van der Waals surface area contributed by atoms with E-state index >= 15 is 0 Å². The first-order valence-corrected chi connectivity index (χ1v) is 14.7. The van der Waals surface area contributed by atoms with Crippen molar-refractivity contribution in [1.29, 1.82) is 0 Å². The van der Waals surface area contributed by atoms with Crippen LogP contribution in [-0.4, -0.2) is 36.3 Å². The zero-order valence-electron chi connectivity index (χ0n) is 23.4. The number of hydrogen-bond acceptors (Lipinski definition) is 3.